The van der Waals surface area contributed by atoms with Crippen molar-refractivity contribution in [2.24, 2.45) is 0 Å². The van der Waals surface area contributed by atoms with Gasteiger partial charge < -0.3 is 54.7 Å². The molecule has 3 heterocycles. The summed E-state index contributed by atoms with van der Waals surface area (Å²) in [4.78, 5) is 4.68. The molecule has 2 saturated heterocycles. The van der Waals surface area contributed by atoms with Gasteiger partial charge >= 0.3 is 0 Å². The number of fused-ring (bicyclic) bond motifs is 1. The fourth-order valence-corrected chi connectivity index (χ4v) is 5.64. The van der Waals surface area contributed by atoms with Crippen molar-refractivity contribution >= 4 is 21.6 Å². The van der Waals surface area contributed by atoms with Crippen LogP contribution < -0.4 is 0 Å². The minimum atomic E-state index is -1.67. The lowest BCUT2D eigenvalue weighted by molar-refractivity contribution is -0.334. The van der Waals surface area contributed by atoms with Crippen molar-refractivity contribution in [1.29, 1.82) is 0 Å². The number of hydrogen-bond acceptors (Lipinski definition) is 13. The average Bonchev–Trinajstić information content (AvgIpc) is 3.39. The molecule has 0 bridgehead atoms. The third-order valence-electron chi connectivity index (χ3n) is 6.85. The fourth-order valence-electron chi connectivity index (χ4n) is 4.60. The summed E-state index contributed by atoms with van der Waals surface area (Å²) in [6, 6.07) is 16.7. The summed E-state index contributed by atoms with van der Waals surface area (Å²) in [5.74, 6) is 0. The summed E-state index contributed by atoms with van der Waals surface area (Å²) in [5, 5.41) is 72.0. The topological polar surface area (TPSA) is 191 Å². The molecule has 13 heteroatoms. The maximum atomic E-state index is 10.7. The van der Waals surface area contributed by atoms with Gasteiger partial charge in [0.1, 0.15) is 59.9 Å². The Morgan fingerprint density at radius 3 is 2.05 bits per heavy atom. The highest BCUT2D eigenvalue weighted by molar-refractivity contribution is 7.18. The van der Waals surface area contributed by atoms with Gasteiger partial charge in [-0.15, -0.1) is 11.3 Å². The molecule has 1 aromatic heterocycles. The lowest BCUT2D eigenvalue weighted by Crippen LogP contribution is -2.61. The van der Waals surface area contributed by atoms with Crippen LogP contribution in [-0.2, 0) is 18.9 Å². The Morgan fingerprint density at radius 1 is 0.744 bits per heavy atom. The first-order valence-electron chi connectivity index (χ1n) is 12.5. The first-order valence-corrected chi connectivity index (χ1v) is 13.3. The van der Waals surface area contributed by atoms with Crippen LogP contribution in [0.15, 0.2) is 54.6 Å². The van der Waals surface area contributed by atoms with E-state index in [1.165, 1.54) is 11.3 Å². The molecule has 3 aromatic rings. The van der Waals surface area contributed by atoms with E-state index in [1.54, 1.807) is 0 Å². The summed E-state index contributed by atoms with van der Waals surface area (Å²) < 4.78 is 23.8. The Morgan fingerprint density at radius 2 is 1.36 bits per heavy atom. The number of nitrogens with zero attached hydrogens (tertiary/aromatic N) is 1. The largest absolute Gasteiger partial charge is 0.394 e. The van der Waals surface area contributed by atoms with Gasteiger partial charge in [0.25, 0.3) is 0 Å². The molecule has 12 nitrogen and oxygen atoms in total. The van der Waals surface area contributed by atoms with E-state index >= 15 is 0 Å². The molecule has 11 unspecified atom stereocenters. The summed E-state index contributed by atoms with van der Waals surface area (Å²) in [6.45, 7) is -1.09. The van der Waals surface area contributed by atoms with Gasteiger partial charge in [0.2, 0.25) is 0 Å². The van der Waals surface area contributed by atoms with E-state index in [-0.39, 0.29) is 0 Å². The monoisotopic (exact) mass is 565 g/mol. The molecule has 212 valence electrons. The SMILES string of the molecule is OCC1OC(OCC2OC(OC(c3ccccc3)c3nc4ccccc4s3)C(O)C(O)C2O)C(O)C(O)C1O. The van der Waals surface area contributed by atoms with E-state index in [1.807, 2.05) is 54.6 Å². The Kier molecular flexibility index (Phi) is 8.88. The van der Waals surface area contributed by atoms with Gasteiger partial charge in [0.05, 0.1) is 23.4 Å². The molecule has 0 spiro atoms. The molecule has 2 aliphatic heterocycles. The van der Waals surface area contributed by atoms with E-state index < -0.39 is 80.7 Å². The van der Waals surface area contributed by atoms with Crippen LogP contribution in [0.3, 0.4) is 0 Å². The van der Waals surface area contributed by atoms with Crippen LogP contribution in [0.25, 0.3) is 10.2 Å². The molecule has 11 atom stereocenters. The highest BCUT2D eigenvalue weighted by atomic mass is 32.1. The number of para-hydroxylation sites is 1. The summed E-state index contributed by atoms with van der Waals surface area (Å²) >= 11 is 1.41. The van der Waals surface area contributed by atoms with Gasteiger partial charge in [0.15, 0.2) is 12.6 Å². The van der Waals surface area contributed by atoms with E-state index in [0.717, 1.165) is 15.8 Å². The van der Waals surface area contributed by atoms with Gasteiger partial charge in [-0.25, -0.2) is 4.98 Å². The molecule has 0 radical (unpaired) electrons. The van der Waals surface area contributed by atoms with Gasteiger partial charge in [0, 0.05) is 0 Å². The number of aliphatic hydroxyl groups excluding tert-OH is 7. The number of ether oxygens (including phenoxy) is 4. The highest BCUT2D eigenvalue weighted by Crippen LogP contribution is 2.36. The number of aromatic nitrogens is 1. The second kappa shape index (κ2) is 12.2. The second-order valence-corrected chi connectivity index (χ2v) is 10.6. The summed E-state index contributed by atoms with van der Waals surface area (Å²) in [5.41, 5.74) is 1.50. The van der Waals surface area contributed by atoms with Crippen molar-refractivity contribution in [1.82, 2.24) is 4.98 Å². The number of aliphatic hydroxyl groups is 7. The molecule has 39 heavy (non-hydrogen) atoms. The molecule has 0 aliphatic carbocycles. The Bertz CT molecular complexity index is 1180. The number of hydrogen-bond donors (Lipinski definition) is 7. The smallest absolute Gasteiger partial charge is 0.187 e. The normalized spacial score (nSPS) is 36.2. The molecule has 2 fully saturated rings. The standard InChI is InChI=1S/C26H31NO11S/c28-10-14-17(29)19(31)21(33)25(36-14)35-11-15-18(30)20(32)22(34)26(37-15)38-23(12-6-2-1-3-7-12)24-27-13-8-4-5-9-16(13)39-24/h1-9,14-15,17-23,25-26,28-34H,10-11H2. The zero-order valence-electron chi connectivity index (χ0n) is 20.6. The minimum Gasteiger partial charge on any atom is -0.394 e. The Hall–Kier alpha value is -2.11. The summed E-state index contributed by atoms with van der Waals surface area (Å²) in [6.07, 6.45) is -15.9. The van der Waals surface area contributed by atoms with E-state index in [4.69, 9.17) is 18.9 Å². The number of benzene rings is 2. The van der Waals surface area contributed by atoms with Crippen LogP contribution >= 0.6 is 11.3 Å². The van der Waals surface area contributed by atoms with Crippen LogP contribution in [0.4, 0.5) is 0 Å². The lowest BCUT2D eigenvalue weighted by Gasteiger charge is -2.43. The van der Waals surface area contributed by atoms with E-state index in [2.05, 4.69) is 4.98 Å². The maximum Gasteiger partial charge on any atom is 0.187 e. The van der Waals surface area contributed by atoms with E-state index in [9.17, 15) is 35.7 Å². The van der Waals surface area contributed by atoms with Gasteiger partial charge in [-0.3, -0.25) is 0 Å². The van der Waals surface area contributed by atoms with Crippen LogP contribution in [0.5, 0.6) is 0 Å². The lowest BCUT2D eigenvalue weighted by atomic mass is 9.98. The van der Waals surface area contributed by atoms with E-state index in [0.29, 0.717) is 5.01 Å². The average molecular weight is 566 g/mol. The Balaban J connectivity index is 1.34. The first-order chi connectivity index (χ1) is 18.8. The minimum absolute atomic E-state index is 0.454. The maximum absolute atomic E-state index is 10.7. The molecule has 5 rings (SSSR count). The molecular formula is C26H31NO11S. The van der Waals surface area contributed by atoms with Gasteiger partial charge in [-0.2, -0.15) is 0 Å². The molecular weight excluding hydrogens is 534 g/mol. The van der Waals surface area contributed by atoms with Crippen molar-refractivity contribution in [2.45, 2.75) is 67.5 Å². The second-order valence-electron chi connectivity index (χ2n) is 9.49. The van der Waals surface area contributed by atoms with Crippen molar-refractivity contribution in [3.05, 3.63) is 65.2 Å². The predicted molar refractivity (Wildman–Crippen MR) is 135 cm³/mol. The van der Waals surface area contributed by atoms with Gasteiger partial charge in [-0.1, -0.05) is 42.5 Å². The van der Waals surface area contributed by atoms with Gasteiger partial charge in [-0.05, 0) is 17.7 Å². The molecule has 7 N–H and O–H groups in total. The molecule has 0 amide bonds. The highest BCUT2D eigenvalue weighted by Gasteiger charge is 2.48. The molecule has 0 saturated carbocycles. The van der Waals surface area contributed by atoms with Crippen molar-refractivity contribution in [2.75, 3.05) is 13.2 Å². The Labute approximate surface area is 227 Å². The number of thiazole rings is 1. The van der Waals surface area contributed by atoms with Crippen LogP contribution in [0.1, 0.15) is 16.7 Å². The van der Waals surface area contributed by atoms with Crippen LogP contribution in [0, 0.1) is 0 Å². The zero-order valence-corrected chi connectivity index (χ0v) is 21.4. The first kappa shape index (κ1) is 28.4. The number of rotatable bonds is 8. The summed E-state index contributed by atoms with van der Waals surface area (Å²) in [7, 11) is 0. The predicted octanol–water partition coefficient (Wildman–Crippen LogP) is -0.974. The molecule has 2 aliphatic rings. The van der Waals surface area contributed by atoms with Crippen LogP contribution in [0.2, 0.25) is 0 Å². The van der Waals surface area contributed by atoms with Crippen LogP contribution in [-0.4, -0.2) is 115 Å². The quantitative estimate of drug-likeness (QED) is 0.177. The fraction of sp³-hybridized carbons (Fsp3) is 0.500. The third-order valence-corrected chi connectivity index (χ3v) is 7.93. The molecule has 2 aromatic carbocycles. The van der Waals surface area contributed by atoms with Crippen molar-refractivity contribution < 1.29 is 54.7 Å². The zero-order chi connectivity index (χ0) is 27.7. The van der Waals surface area contributed by atoms with Crippen molar-refractivity contribution in [3.63, 3.8) is 0 Å². The third kappa shape index (κ3) is 5.86. The van der Waals surface area contributed by atoms with Crippen molar-refractivity contribution in [3.8, 4) is 0 Å².